The van der Waals surface area contributed by atoms with E-state index in [2.05, 4.69) is 133 Å². The normalized spacial score (nSPS) is 12.5. The molecule has 0 amide bonds. The van der Waals surface area contributed by atoms with E-state index in [0.29, 0.717) is 0 Å². The highest BCUT2D eigenvalue weighted by molar-refractivity contribution is 6.26. The summed E-state index contributed by atoms with van der Waals surface area (Å²) >= 11 is 0. The van der Waals surface area contributed by atoms with Crippen molar-refractivity contribution in [3.05, 3.63) is 145 Å². The first-order valence-electron chi connectivity index (χ1n) is 13.7. The van der Waals surface area contributed by atoms with Crippen LogP contribution in [0, 0.1) is 0 Å². The summed E-state index contributed by atoms with van der Waals surface area (Å²) in [4.78, 5) is 0. The van der Waals surface area contributed by atoms with Crippen molar-refractivity contribution in [2.75, 3.05) is 0 Å². The van der Waals surface area contributed by atoms with Crippen LogP contribution in [0.4, 0.5) is 0 Å². The second-order valence-corrected chi connectivity index (χ2v) is 10.8. The van der Waals surface area contributed by atoms with E-state index in [9.17, 15) is 0 Å². The molecule has 0 heteroatoms. The summed E-state index contributed by atoms with van der Waals surface area (Å²) in [6, 6.07) is 49.7. The molecular formula is C39H24. The predicted octanol–water partition coefficient (Wildman–Crippen LogP) is 10.6. The Kier molecular flexibility index (Phi) is 4.20. The van der Waals surface area contributed by atoms with Crippen LogP contribution in [0.1, 0.15) is 11.1 Å². The molecule has 0 heterocycles. The molecule has 1 aliphatic carbocycles. The van der Waals surface area contributed by atoms with Gasteiger partial charge in [0, 0.05) is 0 Å². The van der Waals surface area contributed by atoms with Gasteiger partial charge in [-0.25, -0.2) is 0 Å². The second-order valence-electron chi connectivity index (χ2n) is 10.8. The van der Waals surface area contributed by atoms with Crippen LogP contribution in [0.5, 0.6) is 0 Å². The SMILES string of the molecule is c1ccc2c(c1)Cc1c-2cccc1-c1ccc(-c2ccc3ccc4cccc5ccc2c3c45)c2ccccc12. The standard InChI is InChI=1S/C39H24/c1-2-10-28-27(7-1)23-37-29(28)13-6-14-32(37)33-21-22-34(31-12-4-3-11-30(31)33)35-19-17-26-16-15-24-8-5-9-25-18-20-36(35)39(26)38(24)25/h1-22H,23H2. The fraction of sp³-hybridized carbons (Fsp3) is 0.0256. The number of rotatable bonds is 2. The maximum absolute atomic E-state index is 2.36. The highest BCUT2D eigenvalue weighted by Gasteiger charge is 2.22. The van der Waals surface area contributed by atoms with E-state index in [4.69, 9.17) is 0 Å². The van der Waals surface area contributed by atoms with Gasteiger partial charge in [-0.2, -0.15) is 0 Å². The Morgan fingerprint density at radius 3 is 1.62 bits per heavy atom. The molecule has 0 fully saturated rings. The predicted molar refractivity (Wildman–Crippen MR) is 167 cm³/mol. The monoisotopic (exact) mass is 492 g/mol. The van der Waals surface area contributed by atoms with Crippen LogP contribution < -0.4 is 0 Å². The third kappa shape index (κ3) is 2.89. The minimum Gasteiger partial charge on any atom is -0.0619 e. The van der Waals surface area contributed by atoms with Crippen LogP contribution in [0.2, 0.25) is 0 Å². The molecule has 0 saturated carbocycles. The minimum absolute atomic E-state index is 0.993. The van der Waals surface area contributed by atoms with Crippen molar-refractivity contribution in [3.63, 3.8) is 0 Å². The maximum Gasteiger partial charge on any atom is -0.000728 e. The number of hydrogen-bond donors (Lipinski definition) is 0. The molecule has 0 aliphatic heterocycles. The minimum atomic E-state index is 0.993. The van der Waals surface area contributed by atoms with Crippen molar-refractivity contribution in [3.8, 4) is 33.4 Å². The largest absolute Gasteiger partial charge is 0.0619 e. The van der Waals surface area contributed by atoms with Gasteiger partial charge in [0.05, 0.1) is 0 Å². The molecule has 0 aromatic heterocycles. The lowest BCUT2D eigenvalue weighted by atomic mass is 9.86. The molecular weight excluding hydrogens is 468 g/mol. The summed E-state index contributed by atoms with van der Waals surface area (Å²) < 4.78 is 0. The van der Waals surface area contributed by atoms with Gasteiger partial charge in [0.1, 0.15) is 0 Å². The van der Waals surface area contributed by atoms with Gasteiger partial charge in [-0.3, -0.25) is 0 Å². The van der Waals surface area contributed by atoms with Crippen LogP contribution in [-0.4, -0.2) is 0 Å². The second kappa shape index (κ2) is 7.79. The van der Waals surface area contributed by atoms with Crippen molar-refractivity contribution < 1.29 is 0 Å². The molecule has 0 bridgehead atoms. The van der Waals surface area contributed by atoms with Gasteiger partial charge in [0.15, 0.2) is 0 Å². The molecule has 9 rings (SSSR count). The molecule has 8 aromatic carbocycles. The van der Waals surface area contributed by atoms with E-state index in [0.717, 1.165) is 6.42 Å². The summed E-state index contributed by atoms with van der Waals surface area (Å²) in [6.07, 6.45) is 0.993. The highest BCUT2D eigenvalue weighted by atomic mass is 14.3. The summed E-state index contributed by atoms with van der Waals surface area (Å²) in [5.74, 6) is 0. The van der Waals surface area contributed by atoms with Gasteiger partial charge in [0.25, 0.3) is 0 Å². The van der Waals surface area contributed by atoms with Crippen molar-refractivity contribution in [2.24, 2.45) is 0 Å². The highest BCUT2D eigenvalue weighted by Crippen LogP contribution is 2.46. The molecule has 39 heavy (non-hydrogen) atoms. The van der Waals surface area contributed by atoms with Gasteiger partial charge in [-0.05, 0) is 94.0 Å². The lowest BCUT2D eigenvalue weighted by Gasteiger charge is -2.17. The molecule has 180 valence electrons. The first-order chi connectivity index (χ1) is 19.3. The fourth-order valence-electron chi connectivity index (χ4n) is 7.15. The summed E-state index contributed by atoms with van der Waals surface area (Å²) in [7, 11) is 0. The third-order valence-electron chi connectivity index (χ3n) is 8.88. The van der Waals surface area contributed by atoms with Crippen LogP contribution in [0.25, 0.3) is 76.5 Å². The van der Waals surface area contributed by atoms with Gasteiger partial charge < -0.3 is 0 Å². The van der Waals surface area contributed by atoms with Crippen molar-refractivity contribution in [2.45, 2.75) is 6.42 Å². The Balaban J connectivity index is 1.31. The van der Waals surface area contributed by atoms with Crippen molar-refractivity contribution in [1.29, 1.82) is 0 Å². The molecule has 0 N–H and O–H groups in total. The summed E-state index contributed by atoms with van der Waals surface area (Å²) in [5.41, 5.74) is 10.9. The maximum atomic E-state index is 2.36. The number of fused-ring (bicyclic) bond motifs is 4. The quantitative estimate of drug-likeness (QED) is 0.211. The summed E-state index contributed by atoms with van der Waals surface area (Å²) in [5, 5.41) is 10.6. The average Bonchev–Trinajstić information content (AvgIpc) is 3.38. The van der Waals surface area contributed by atoms with Gasteiger partial charge in [-0.1, -0.05) is 133 Å². The molecule has 8 aromatic rings. The average molecular weight is 493 g/mol. The zero-order valence-electron chi connectivity index (χ0n) is 21.4. The van der Waals surface area contributed by atoms with Gasteiger partial charge >= 0.3 is 0 Å². The van der Waals surface area contributed by atoms with E-state index in [1.54, 1.807) is 0 Å². The zero-order chi connectivity index (χ0) is 25.5. The van der Waals surface area contributed by atoms with E-state index >= 15 is 0 Å². The Labute approximate surface area is 227 Å². The first kappa shape index (κ1) is 21.0. The molecule has 0 spiro atoms. The number of benzene rings is 8. The third-order valence-corrected chi connectivity index (χ3v) is 8.88. The van der Waals surface area contributed by atoms with E-state index in [-0.39, 0.29) is 0 Å². The van der Waals surface area contributed by atoms with Gasteiger partial charge in [0.2, 0.25) is 0 Å². The van der Waals surface area contributed by atoms with Gasteiger partial charge in [-0.15, -0.1) is 0 Å². The Morgan fingerprint density at radius 1 is 0.308 bits per heavy atom. The molecule has 0 unspecified atom stereocenters. The molecule has 0 radical (unpaired) electrons. The van der Waals surface area contributed by atoms with E-state index < -0.39 is 0 Å². The van der Waals surface area contributed by atoms with Crippen LogP contribution in [0.15, 0.2) is 133 Å². The van der Waals surface area contributed by atoms with Crippen molar-refractivity contribution >= 4 is 43.1 Å². The fourth-order valence-corrected chi connectivity index (χ4v) is 7.15. The summed E-state index contributed by atoms with van der Waals surface area (Å²) in [6.45, 7) is 0. The van der Waals surface area contributed by atoms with Crippen LogP contribution in [0.3, 0.4) is 0 Å². The Morgan fingerprint density at radius 2 is 0.821 bits per heavy atom. The lowest BCUT2D eigenvalue weighted by Crippen LogP contribution is -1.92. The van der Waals surface area contributed by atoms with Crippen LogP contribution >= 0.6 is 0 Å². The Hall–Kier alpha value is -4.94. The van der Waals surface area contributed by atoms with Crippen LogP contribution in [-0.2, 0) is 6.42 Å². The molecule has 0 nitrogen and oxygen atoms in total. The smallest absolute Gasteiger partial charge is 0.000728 e. The van der Waals surface area contributed by atoms with E-state index in [1.807, 2.05) is 0 Å². The molecule has 0 saturated heterocycles. The molecule has 0 atom stereocenters. The van der Waals surface area contributed by atoms with Crippen molar-refractivity contribution in [1.82, 2.24) is 0 Å². The zero-order valence-corrected chi connectivity index (χ0v) is 21.4. The van der Waals surface area contributed by atoms with E-state index in [1.165, 1.54) is 87.6 Å². The lowest BCUT2D eigenvalue weighted by molar-refractivity contribution is 1.26. The number of hydrogen-bond acceptors (Lipinski definition) is 0. The molecule has 1 aliphatic rings. The topological polar surface area (TPSA) is 0 Å². The first-order valence-corrected chi connectivity index (χ1v) is 13.7. The Bertz CT molecular complexity index is 2230.